The number of rotatable bonds is 1. The molecule has 1 amide bonds. The van der Waals surface area contributed by atoms with Gasteiger partial charge in [0.2, 0.25) is 11.7 Å². The third-order valence-electron chi connectivity index (χ3n) is 2.47. The minimum absolute atomic E-state index is 0.0654. The van der Waals surface area contributed by atoms with Crippen molar-refractivity contribution in [2.45, 2.75) is 19.9 Å². The molecule has 6 heteroatoms. The molecule has 1 atom stereocenters. The van der Waals surface area contributed by atoms with Gasteiger partial charge in [-0.2, -0.15) is 0 Å². The van der Waals surface area contributed by atoms with Crippen LogP contribution in [0.1, 0.15) is 24.4 Å². The lowest BCUT2D eigenvalue weighted by molar-refractivity contribution is -0.116. The Balaban J connectivity index is 2.52. The van der Waals surface area contributed by atoms with E-state index in [0.717, 1.165) is 0 Å². The van der Waals surface area contributed by atoms with Crippen LogP contribution in [0, 0.1) is 0 Å². The van der Waals surface area contributed by atoms with Gasteiger partial charge in [0.05, 0.1) is 5.69 Å². The van der Waals surface area contributed by atoms with Crippen LogP contribution in [0.3, 0.4) is 0 Å². The van der Waals surface area contributed by atoms with Crippen molar-refractivity contribution >= 4 is 23.3 Å². The van der Waals surface area contributed by atoms with Gasteiger partial charge in [0, 0.05) is 19.5 Å². The van der Waals surface area contributed by atoms with Crippen LogP contribution in [-0.2, 0) is 4.79 Å². The third kappa shape index (κ3) is 1.52. The summed E-state index contributed by atoms with van der Waals surface area (Å²) in [4.78, 5) is 23.8. The van der Waals surface area contributed by atoms with Gasteiger partial charge in [0.1, 0.15) is 12.0 Å². The Labute approximate surface area is 91.8 Å². The molecule has 6 nitrogen and oxygen atoms in total. The summed E-state index contributed by atoms with van der Waals surface area (Å²) in [6.07, 6.45) is 1.32. The molecule has 0 fully saturated rings. The lowest BCUT2D eigenvalue weighted by Crippen LogP contribution is -2.42. The Hall–Kier alpha value is -1.98. The predicted octanol–water partition coefficient (Wildman–Crippen LogP) is 1.14. The van der Waals surface area contributed by atoms with Crippen LogP contribution in [0.25, 0.3) is 0 Å². The molecule has 0 saturated carbocycles. The predicted molar refractivity (Wildman–Crippen MR) is 56.8 cm³/mol. The molecule has 0 aliphatic carbocycles. The highest BCUT2D eigenvalue weighted by molar-refractivity contribution is 6.04. The molecule has 1 aromatic rings. The van der Waals surface area contributed by atoms with E-state index in [1.165, 1.54) is 18.1 Å². The molecule has 1 unspecified atom stereocenters. The summed E-state index contributed by atoms with van der Waals surface area (Å²) in [5.41, 5.74) is 0.865. The van der Waals surface area contributed by atoms with Crippen molar-refractivity contribution in [1.29, 1.82) is 0 Å². The van der Waals surface area contributed by atoms with E-state index in [2.05, 4.69) is 5.32 Å². The molecule has 1 aliphatic rings. The number of amides is 1. The zero-order valence-corrected chi connectivity index (χ0v) is 8.98. The molecule has 16 heavy (non-hydrogen) atoms. The summed E-state index contributed by atoms with van der Waals surface area (Å²) in [5, 5.41) is 12.0. The van der Waals surface area contributed by atoms with Crippen LogP contribution in [0.2, 0.25) is 0 Å². The normalized spacial score (nSPS) is 18.9. The molecule has 0 aromatic carbocycles. The second-order valence-corrected chi connectivity index (χ2v) is 3.81. The first-order valence-corrected chi connectivity index (χ1v) is 4.90. The quantitative estimate of drug-likeness (QED) is 0.747. The minimum Gasteiger partial charge on any atom is -0.475 e. The molecular weight excluding hydrogens is 212 g/mol. The Morgan fingerprint density at radius 2 is 2.31 bits per heavy atom. The van der Waals surface area contributed by atoms with Crippen LogP contribution >= 0.6 is 0 Å². The zero-order chi connectivity index (χ0) is 11.9. The largest absolute Gasteiger partial charge is 0.475 e. The highest BCUT2D eigenvalue weighted by atomic mass is 16.4. The number of carboxylic acid groups (broad SMARTS) is 1. The summed E-state index contributed by atoms with van der Waals surface area (Å²) in [5.74, 6) is -1.58. The molecule has 86 valence electrons. The summed E-state index contributed by atoms with van der Waals surface area (Å²) in [6.45, 7) is 3.74. The molecule has 0 saturated heterocycles. The lowest BCUT2D eigenvalue weighted by Gasteiger charge is -2.31. The number of nitrogens with zero attached hydrogens (tertiary/aromatic N) is 1. The highest BCUT2D eigenvalue weighted by Gasteiger charge is 2.31. The van der Waals surface area contributed by atoms with E-state index in [9.17, 15) is 9.59 Å². The molecule has 0 bridgehead atoms. The van der Waals surface area contributed by atoms with Gasteiger partial charge in [0.15, 0.2) is 0 Å². The Bertz CT molecular complexity index is 452. The molecule has 2 rings (SSSR count). The maximum Gasteiger partial charge on any atom is 0.374 e. The van der Waals surface area contributed by atoms with Crippen LogP contribution in [0.15, 0.2) is 10.7 Å². The molecule has 1 aliphatic heterocycles. The van der Waals surface area contributed by atoms with E-state index in [-0.39, 0.29) is 17.7 Å². The van der Waals surface area contributed by atoms with Gasteiger partial charge in [-0.15, -0.1) is 0 Å². The number of carbonyl (C=O) groups excluding carboxylic acids is 1. The lowest BCUT2D eigenvalue weighted by atomic mass is 10.1. The van der Waals surface area contributed by atoms with E-state index >= 15 is 0 Å². The van der Waals surface area contributed by atoms with E-state index in [1.807, 2.05) is 6.92 Å². The molecule has 0 spiro atoms. The number of carboxylic acids is 1. The number of furan rings is 1. The van der Waals surface area contributed by atoms with Crippen molar-refractivity contribution in [1.82, 2.24) is 0 Å². The SMILES string of the molecule is CC(=O)N1CC(C)Nc2coc(C(=O)O)c21. The molecule has 2 heterocycles. The van der Waals surface area contributed by atoms with E-state index in [0.29, 0.717) is 17.9 Å². The van der Waals surface area contributed by atoms with E-state index < -0.39 is 5.97 Å². The van der Waals surface area contributed by atoms with Crippen molar-refractivity contribution in [2.75, 3.05) is 16.8 Å². The van der Waals surface area contributed by atoms with Crippen molar-refractivity contribution in [3.63, 3.8) is 0 Å². The van der Waals surface area contributed by atoms with Crippen molar-refractivity contribution in [2.24, 2.45) is 0 Å². The average molecular weight is 224 g/mol. The Morgan fingerprint density at radius 3 is 2.88 bits per heavy atom. The summed E-state index contributed by atoms with van der Waals surface area (Å²) in [6, 6.07) is 0.0654. The maximum atomic E-state index is 11.4. The van der Waals surface area contributed by atoms with Crippen LogP contribution in [0.4, 0.5) is 11.4 Å². The molecular formula is C10H12N2O4. The van der Waals surface area contributed by atoms with E-state index in [4.69, 9.17) is 9.52 Å². The third-order valence-corrected chi connectivity index (χ3v) is 2.47. The first-order chi connectivity index (χ1) is 7.50. The zero-order valence-electron chi connectivity index (χ0n) is 8.98. The van der Waals surface area contributed by atoms with Gasteiger partial charge >= 0.3 is 5.97 Å². The van der Waals surface area contributed by atoms with Crippen molar-refractivity contribution in [3.8, 4) is 0 Å². The minimum atomic E-state index is -1.18. The summed E-state index contributed by atoms with van der Waals surface area (Å²) >= 11 is 0. The fourth-order valence-electron chi connectivity index (χ4n) is 1.84. The highest BCUT2D eigenvalue weighted by Crippen LogP contribution is 2.36. The van der Waals surface area contributed by atoms with Gasteiger partial charge in [-0.25, -0.2) is 4.79 Å². The standard InChI is InChI=1S/C10H12N2O4/c1-5-3-12(6(2)13)8-7(11-5)4-16-9(8)10(14)15/h4-5,11H,3H2,1-2H3,(H,14,15). The fraction of sp³-hybridized carbons (Fsp3) is 0.400. The van der Waals surface area contributed by atoms with Crippen molar-refractivity contribution < 1.29 is 19.1 Å². The number of hydrogen-bond acceptors (Lipinski definition) is 4. The summed E-state index contributed by atoms with van der Waals surface area (Å²) in [7, 11) is 0. The average Bonchev–Trinajstić information content (AvgIpc) is 2.59. The molecule has 2 N–H and O–H groups in total. The van der Waals surface area contributed by atoms with Gasteiger partial charge in [-0.3, -0.25) is 4.79 Å². The Kier molecular flexibility index (Phi) is 2.34. The number of fused-ring (bicyclic) bond motifs is 1. The van der Waals surface area contributed by atoms with Gasteiger partial charge in [-0.05, 0) is 6.92 Å². The topological polar surface area (TPSA) is 82.8 Å². The van der Waals surface area contributed by atoms with Gasteiger partial charge in [-0.1, -0.05) is 0 Å². The second kappa shape index (κ2) is 3.55. The molecule has 1 aromatic heterocycles. The van der Waals surface area contributed by atoms with Crippen LogP contribution in [0.5, 0.6) is 0 Å². The smallest absolute Gasteiger partial charge is 0.374 e. The number of carbonyl (C=O) groups is 2. The van der Waals surface area contributed by atoms with Crippen molar-refractivity contribution in [3.05, 3.63) is 12.0 Å². The number of hydrogen-bond donors (Lipinski definition) is 2. The van der Waals surface area contributed by atoms with Gasteiger partial charge < -0.3 is 19.7 Å². The number of anilines is 2. The summed E-state index contributed by atoms with van der Waals surface area (Å²) < 4.78 is 4.95. The second-order valence-electron chi connectivity index (χ2n) is 3.81. The van der Waals surface area contributed by atoms with Crippen LogP contribution < -0.4 is 10.2 Å². The first-order valence-electron chi connectivity index (χ1n) is 4.90. The maximum absolute atomic E-state index is 11.4. The monoisotopic (exact) mass is 224 g/mol. The number of nitrogens with one attached hydrogen (secondary N) is 1. The molecule has 0 radical (unpaired) electrons. The van der Waals surface area contributed by atoms with E-state index in [1.54, 1.807) is 0 Å². The fourth-order valence-corrected chi connectivity index (χ4v) is 1.84. The number of aromatic carboxylic acids is 1. The van der Waals surface area contributed by atoms with Crippen LogP contribution in [-0.4, -0.2) is 29.6 Å². The van der Waals surface area contributed by atoms with Gasteiger partial charge in [0.25, 0.3) is 0 Å². The first kappa shape index (κ1) is 10.5. The Morgan fingerprint density at radius 1 is 1.62 bits per heavy atom.